The van der Waals surface area contributed by atoms with Crippen LogP contribution in [-0.2, 0) is 4.74 Å². The molecule has 0 bridgehead atoms. The van der Waals surface area contributed by atoms with Crippen LogP contribution >= 0.6 is 11.8 Å². The zero-order valence-electron chi connectivity index (χ0n) is 11.6. The number of morpholine rings is 1. The number of ether oxygens (including phenoxy) is 1. The van der Waals surface area contributed by atoms with Gasteiger partial charge in [0, 0.05) is 19.6 Å². The van der Waals surface area contributed by atoms with Crippen molar-refractivity contribution in [3.8, 4) is 0 Å². The smallest absolute Gasteiger partial charge is 0.243 e. The van der Waals surface area contributed by atoms with Crippen LogP contribution in [0.2, 0.25) is 0 Å². The third-order valence-corrected chi connectivity index (χ3v) is 3.55. The predicted molar refractivity (Wildman–Crippen MR) is 82.2 cm³/mol. The molecule has 1 aliphatic heterocycles. The van der Waals surface area contributed by atoms with Crippen LogP contribution in [0, 0.1) is 0 Å². The van der Waals surface area contributed by atoms with Gasteiger partial charge < -0.3 is 15.0 Å². The summed E-state index contributed by atoms with van der Waals surface area (Å²) in [4.78, 5) is 15.0. The summed E-state index contributed by atoms with van der Waals surface area (Å²) in [6.07, 6.45) is 3.15. The van der Waals surface area contributed by atoms with Gasteiger partial charge in [0.1, 0.15) is 0 Å². The monoisotopic (exact) mass is 299 g/mol. The third kappa shape index (κ3) is 4.36. The van der Waals surface area contributed by atoms with Gasteiger partial charge in [-0.15, -0.1) is 0 Å². The molecule has 0 atom stereocenters. The Morgan fingerprint density at radius 1 is 1.25 bits per heavy atom. The zero-order chi connectivity index (χ0) is 14.2. The van der Waals surface area contributed by atoms with Crippen LogP contribution < -0.4 is 21.5 Å². The number of rotatable bonds is 7. The summed E-state index contributed by atoms with van der Waals surface area (Å²) in [6, 6.07) is 0. The molecule has 0 saturated carbocycles. The van der Waals surface area contributed by atoms with Crippen LogP contribution in [0.3, 0.4) is 0 Å². The molecule has 4 N–H and O–H groups in total. The molecule has 1 aromatic rings. The number of aromatic nitrogens is 3. The molecule has 2 heterocycles. The van der Waals surface area contributed by atoms with Crippen molar-refractivity contribution in [1.82, 2.24) is 15.0 Å². The Hall–Kier alpha value is -1.32. The van der Waals surface area contributed by atoms with Crippen LogP contribution in [0.4, 0.5) is 17.8 Å². The average molecular weight is 299 g/mol. The Bertz CT molecular complexity index is 414. The van der Waals surface area contributed by atoms with E-state index in [0.29, 0.717) is 31.1 Å². The summed E-state index contributed by atoms with van der Waals surface area (Å²) in [5.41, 5.74) is 2.48. The van der Waals surface area contributed by atoms with Crippen LogP contribution in [-0.4, -0.2) is 59.8 Å². The standard InChI is InChI=1S/C11H21N7OS/c1-20-8-2-3-13-9-14-10(17-12)16-11(15-9)18-4-6-19-7-5-18/h2-8,12H2,1H3,(H2,13,14,15,16,17). The first kappa shape index (κ1) is 15.1. The maximum Gasteiger partial charge on any atom is 0.243 e. The number of hydrogen-bond acceptors (Lipinski definition) is 9. The van der Waals surface area contributed by atoms with Crippen molar-refractivity contribution >= 4 is 29.6 Å². The van der Waals surface area contributed by atoms with Gasteiger partial charge in [-0.2, -0.15) is 26.7 Å². The van der Waals surface area contributed by atoms with E-state index in [9.17, 15) is 0 Å². The van der Waals surface area contributed by atoms with Gasteiger partial charge in [0.15, 0.2) is 0 Å². The molecular formula is C11H21N7OS. The van der Waals surface area contributed by atoms with Gasteiger partial charge in [-0.3, -0.25) is 5.43 Å². The van der Waals surface area contributed by atoms with Crippen LogP contribution in [0.25, 0.3) is 0 Å². The second-order valence-corrected chi connectivity index (χ2v) is 5.29. The molecule has 0 unspecified atom stereocenters. The van der Waals surface area contributed by atoms with E-state index in [-0.39, 0.29) is 0 Å². The predicted octanol–water partition coefficient (Wildman–Crippen LogP) is 0.159. The van der Waals surface area contributed by atoms with Gasteiger partial charge in [0.05, 0.1) is 13.2 Å². The number of thioether (sulfide) groups is 1. The van der Waals surface area contributed by atoms with Gasteiger partial charge in [-0.05, 0) is 18.4 Å². The topological polar surface area (TPSA) is 101 Å². The quantitative estimate of drug-likeness (QED) is 0.369. The Balaban J connectivity index is 2.03. The van der Waals surface area contributed by atoms with Crippen molar-refractivity contribution in [2.45, 2.75) is 6.42 Å². The first-order chi connectivity index (χ1) is 9.83. The van der Waals surface area contributed by atoms with Gasteiger partial charge in [0.25, 0.3) is 0 Å². The summed E-state index contributed by atoms with van der Waals surface area (Å²) < 4.78 is 5.33. The van der Waals surface area contributed by atoms with E-state index in [1.54, 1.807) is 0 Å². The highest BCUT2D eigenvalue weighted by molar-refractivity contribution is 7.98. The molecule has 1 aliphatic rings. The van der Waals surface area contributed by atoms with Crippen molar-refractivity contribution < 1.29 is 4.74 Å². The number of nitrogens with zero attached hydrogens (tertiary/aromatic N) is 4. The van der Waals surface area contributed by atoms with E-state index in [0.717, 1.165) is 31.8 Å². The average Bonchev–Trinajstić information content (AvgIpc) is 2.52. The van der Waals surface area contributed by atoms with Gasteiger partial charge >= 0.3 is 0 Å². The third-order valence-electron chi connectivity index (χ3n) is 2.85. The number of nitrogen functional groups attached to an aromatic ring is 1. The highest BCUT2D eigenvalue weighted by Crippen LogP contribution is 2.14. The molecule has 1 fully saturated rings. The fourth-order valence-electron chi connectivity index (χ4n) is 1.83. The highest BCUT2D eigenvalue weighted by atomic mass is 32.2. The summed E-state index contributed by atoms with van der Waals surface area (Å²) in [7, 11) is 0. The first-order valence-corrected chi connectivity index (χ1v) is 8.01. The van der Waals surface area contributed by atoms with E-state index in [4.69, 9.17) is 10.6 Å². The molecule has 1 aromatic heterocycles. The van der Waals surface area contributed by atoms with E-state index in [1.165, 1.54) is 0 Å². The van der Waals surface area contributed by atoms with Crippen molar-refractivity contribution in [2.24, 2.45) is 5.84 Å². The van der Waals surface area contributed by atoms with Crippen LogP contribution in [0.15, 0.2) is 0 Å². The van der Waals surface area contributed by atoms with Gasteiger partial charge in [-0.25, -0.2) is 5.84 Å². The maximum atomic E-state index is 5.42. The Morgan fingerprint density at radius 2 is 2.00 bits per heavy atom. The lowest BCUT2D eigenvalue weighted by molar-refractivity contribution is 0.122. The zero-order valence-corrected chi connectivity index (χ0v) is 12.4. The number of anilines is 3. The first-order valence-electron chi connectivity index (χ1n) is 6.61. The second-order valence-electron chi connectivity index (χ2n) is 4.30. The van der Waals surface area contributed by atoms with Gasteiger partial charge in [0.2, 0.25) is 17.8 Å². The number of nitrogens with one attached hydrogen (secondary N) is 2. The van der Waals surface area contributed by atoms with Crippen LogP contribution in [0.5, 0.6) is 0 Å². The molecule has 1 saturated heterocycles. The van der Waals surface area contributed by atoms with E-state index in [1.807, 2.05) is 11.8 Å². The lowest BCUT2D eigenvalue weighted by Gasteiger charge is -2.27. The number of hydrogen-bond donors (Lipinski definition) is 3. The SMILES string of the molecule is CSCCCNc1nc(NN)nc(N2CCOCC2)n1. The largest absolute Gasteiger partial charge is 0.378 e. The Labute approximate surface area is 122 Å². The van der Waals surface area contributed by atoms with Crippen molar-refractivity contribution in [1.29, 1.82) is 0 Å². The molecule has 20 heavy (non-hydrogen) atoms. The second kappa shape index (κ2) is 8.08. The molecule has 0 radical (unpaired) electrons. The van der Waals surface area contributed by atoms with Crippen molar-refractivity contribution in [3.63, 3.8) is 0 Å². The molecule has 112 valence electrons. The lowest BCUT2D eigenvalue weighted by Crippen LogP contribution is -2.37. The number of hydrazine groups is 1. The normalized spacial score (nSPS) is 15.2. The summed E-state index contributed by atoms with van der Waals surface area (Å²) in [6.45, 7) is 3.76. The van der Waals surface area contributed by atoms with Gasteiger partial charge in [-0.1, -0.05) is 0 Å². The van der Waals surface area contributed by atoms with E-state index >= 15 is 0 Å². The number of nitrogens with two attached hydrogens (primary N) is 1. The van der Waals surface area contributed by atoms with E-state index in [2.05, 4.69) is 36.9 Å². The van der Waals surface area contributed by atoms with Crippen molar-refractivity contribution in [2.75, 3.05) is 60.5 Å². The molecule has 0 aromatic carbocycles. The summed E-state index contributed by atoms with van der Waals surface area (Å²) in [5, 5.41) is 3.20. The minimum Gasteiger partial charge on any atom is -0.378 e. The lowest BCUT2D eigenvalue weighted by atomic mass is 10.4. The van der Waals surface area contributed by atoms with Crippen LogP contribution in [0.1, 0.15) is 6.42 Å². The molecule has 0 spiro atoms. The molecule has 2 rings (SSSR count). The Morgan fingerprint density at radius 3 is 2.70 bits per heavy atom. The molecular weight excluding hydrogens is 278 g/mol. The molecule has 8 nitrogen and oxygen atoms in total. The fraction of sp³-hybridized carbons (Fsp3) is 0.727. The highest BCUT2D eigenvalue weighted by Gasteiger charge is 2.16. The summed E-state index contributed by atoms with van der Waals surface area (Å²) in [5.74, 6) is 8.07. The van der Waals surface area contributed by atoms with Crippen molar-refractivity contribution in [3.05, 3.63) is 0 Å². The minimum atomic E-state index is 0.369. The Kier molecular flexibility index (Phi) is 6.09. The molecule has 0 aliphatic carbocycles. The minimum absolute atomic E-state index is 0.369. The summed E-state index contributed by atoms with van der Waals surface area (Å²) >= 11 is 1.82. The molecule has 9 heteroatoms. The maximum absolute atomic E-state index is 5.42. The fourth-order valence-corrected chi connectivity index (χ4v) is 2.26. The molecule has 0 amide bonds. The van der Waals surface area contributed by atoms with E-state index < -0.39 is 0 Å².